The van der Waals surface area contributed by atoms with Crippen molar-refractivity contribution in [1.29, 1.82) is 0 Å². The maximum atomic E-state index is 12.6. The summed E-state index contributed by atoms with van der Waals surface area (Å²) in [6, 6.07) is 10.2. The largest absolute Gasteiger partial charge is 0.630 e. The van der Waals surface area contributed by atoms with Crippen LogP contribution in [0.3, 0.4) is 0 Å². The molecular formula is C16H19OP. The van der Waals surface area contributed by atoms with E-state index in [1.807, 2.05) is 39.0 Å². The summed E-state index contributed by atoms with van der Waals surface area (Å²) in [6.07, 6.45) is 7.01. The van der Waals surface area contributed by atoms with Gasteiger partial charge in [-0.3, -0.25) is 0 Å². The number of allylic oxidation sites excluding steroid dienone is 4. The average Bonchev–Trinajstić information content (AvgIpc) is 2.38. The molecule has 1 unspecified atom stereocenters. The van der Waals surface area contributed by atoms with Crippen LogP contribution >= 0.6 is 7.77 Å². The van der Waals surface area contributed by atoms with Gasteiger partial charge in [0.2, 0.25) is 0 Å². The molecule has 1 aromatic rings. The Labute approximate surface area is 110 Å². The standard InChI is InChI=1S/C16H19OP/c1-16(2,3)18(17)15-12-8-7-11-14(15)13-9-5-4-6-10-13/h4-11H,12H2,1-3H3. The van der Waals surface area contributed by atoms with Crippen molar-refractivity contribution in [2.24, 2.45) is 0 Å². The summed E-state index contributed by atoms with van der Waals surface area (Å²) in [6.45, 7) is 6.12. The topological polar surface area (TPSA) is 23.1 Å². The molecule has 2 rings (SSSR count). The highest BCUT2D eigenvalue weighted by Crippen LogP contribution is 2.39. The van der Waals surface area contributed by atoms with Crippen molar-refractivity contribution in [3.63, 3.8) is 0 Å². The van der Waals surface area contributed by atoms with Crippen LogP contribution in [0.5, 0.6) is 0 Å². The van der Waals surface area contributed by atoms with Crippen LogP contribution in [-0.4, -0.2) is 10.4 Å². The Balaban J connectivity index is 2.51. The smallest absolute Gasteiger partial charge is 0.129 e. The third-order valence-electron chi connectivity index (χ3n) is 2.96. The SMILES string of the molecule is CC(C)(C)[P+]([O-])=C1CC=CC=C1c1ccccc1. The van der Waals surface area contributed by atoms with Crippen molar-refractivity contribution >= 4 is 18.6 Å². The zero-order valence-electron chi connectivity index (χ0n) is 11.2. The normalized spacial score (nSPS) is 18.6. The Hall–Kier alpha value is -1.17. The fraction of sp³-hybridized carbons (Fsp3) is 0.312. The van der Waals surface area contributed by atoms with Gasteiger partial charge in [-0.15, -0.1) is 0 Å². The molecule has 0 heterocycles. The van der Waals surface area contributed by atoms with Crippen molar-refractivity contribution in [2.75, 3.05) is 0 Å². The third-order valence-corrected chi connectivity index (χ3v) is 5.09. The highest BCUT2D eigenvalue weighted by molar-refractivity contribution is 7.54. The van der Waals surface area contributed by atoms with Gasteiger partial charge in [0.15, 0.2) is 0 Å². The van der Waals surface area contributed by atoms with Gasteiger partial charge in [0.1, 0.15) is 10.4 Å². The molecule has 1 aliphatic carbocycles. The molecule has 2 heteroatoms. The van der Waals surface area contributed by atoms with E-state index in [1.165, 1.54) is 0 Å². The lowest BCUT2D eigenvalue weighted by Crippen LogP contribution is -2.20. The first-order valence-electron chi connectivity index (χ1n) is 6.26. The van der Waals surface area contributed by atoms with Gasteiger partial charge >= 0.3 is 0 Å². The third kappa shape index (κ3) is 2.80. The van der Waals surface area contributed by atoms with Gasteiger partial charge in [-0.2, -0.15) is 0 Å². The Morgan fingerprint density at radius 3 is 2.39 bits per heavy atom. The van der Waals surface area contributed by atoms with E-state index in [4.69, 9.17) is 0 Å². The summed E-state index contributed by atoms with van der Waals surface area (Å²) in [5.74, 6) is 0. The van der Waals surface area contributed by atoms with Crippen LogP contribution in [0, 0.1) is 0 Å². The highest BCUT2D eigenvalue weighted by atomic mass is 31.1. The number of benzene rings is 1. The van der Waals surface area contributed by atoms with E-state index in [0.717, 1.165) is 22.9 Å². The van der Waals surface area contributed by atoms with Gasteiger partial charge in [0.25, 0.3) is 0 Å². The number of rotatable bonds is 1. The fourth-order valence-electron chi connectivity index (χ4n) is 2.03. The van der Waals surface area contributed by atoms with E-state index in [1.54, 1.807) is 0 Å². The van der Waals surface area contributed by atoms with Gasteiger partial charge in [0.05, 0.1) is 7.77 Å². The zero-order chi connectivity index (χ0) is 13.2. The van der Waals surface area contributed by atoms with E-state index in [-0.39, 0.29) is 5.16 Å². The maximum absolute atomic E-state index is 12.6. The molecule has 1 atom stereocenters. The van der Waals surface area contributed by atoms with Gasteiger partial charge in [-0.05, 0) is 26.3 Å². The van der Waals surface area contributed by atoms with Crippen LogP contribution in [0.25, 0.3) is 5.57 Å². The van der Waals surface area contributed by atoms with Crippen LogP contribution in [0.4, 0.5) is 0 Å². The van der Waals surface area contributed by atoms with Crippen LogP contribution in [0.2, 0.25) is 0 Å². The van der Waals surface area contributed by atoms with Gasteiger partial charge in [0, 0.05) is 12.0 Å². The summed E-state index contributed by atoms with van der Waals surface area (Å²) in [7, 11) is -1.36. The van der Waals surface area contributed by atoms with E-state index in [2.05, 4.69) is 30.4 Å². The minimum absolute atomic E-state index is 0.177. The highest BCUT2D eigenvalue weighted by Gasteiger charge is 2.27. The minimum Gasteiger partial charge on any atom is -0.630 e. The number of hydrogen-bond acceptors (Lipinski definition) is 1. The molecule has 1 nitrogen and oxygen atoms in total. The first-order valence-corrected chi connectivity index (χ1v) is 7.52. The minimum atomic E-state index is -1.36. The lowest BCUT2D eigenvalue weighted by atomic mass is 9.97. The summed E-state index contributed by atoms with van der Waals surface area (Å²) >= 11 is 0. The monoisotopic (exact) mass is 258 g/mol. The molecule has 0 N–H and O–H groups in total. The van der Waals surface area contributed by atoms with E-state index in [9.17, 15) is 4.89 Å². The molecule has 18 heavy (non-hydrogen) atoms. The van der Waals surface area contributed by atoms with Gasteiger partial charge in [-0.25, -0.2) is 0 Å². The molecule has 0 amide bonds. The molecule has 1 aliphatic rings. The molecule has 0 spiro atoms. The van der Waals surface area contributed by atoms with Crippen molar-refractivity contribution < 1.29 is 4.89 Å². The summed E-state index contributed by atoms with van der Waals surface area (Å²) < 4.78 is 0. The Bertz CT molecular complexity index is 516. The van der Waals surface area contributed by atoms with Gasteiger partial charge in [-0.1, -0.05) is 48.6 Å². The molecule has 0 bridgehead atoms. The second kappa shape index (κ2) is 5.22. The lowest BCUT2D eigenvalue weighted by molar-refractivity contribution is -0.156. The Morgan fingerprint density at radius 1 is 1.11 bits per heavy atom. The van der Waals surface area contributed by atoms with Crippen LogP contribution in [0.15, 0.2) is 48.6 Å². The predicted octanol–water partition coefficient (Wildman–Crippen LogP) is 3.76. The van der Waals surface area contributed by atoms with E-state index >= 15 is 0 Å². The van der Waals surface area contributed by atoms with Gasteiger partial charge < -0.3 is 4.89 Å². The summed E-state index contributed by atoms with van der Waals surface area (Å²) in [5, 5.41) is 0.898. The summed E-state index contributed by atoms with van der Waals surface area (Å²) in [4.78, 5) is 12.6. The van der Waals surface area contributed by atoms with Crippen molar-refractivity contribution in [3.8, 4) is 0 Å². The zero-order valence-corrected chi connectivity index (χ0v) is 12.1. The first-order chi connectivity index (χ1) is 8.50. The summed E-state index contributed by atoms with van der Waals surface area (Å²) in [5.41, 5.74) is 2.29. The molecule has 1 aromatic carbocycles. The molecule has 0 saturated carbocycles. The lowest BCUT2D eigenvalue weighted by Gasteiger charge is -2.21. The van der Waals surface area contributed by atoms with E-state index < -0.39 is 7.77 Å². The second-order valence-electron chi connectivity index (χ2n) is 5.49. The molecule has 94 valence electrons. The molecular weight excluding hydrogens is 239 g/mol. The molecule has 0 fully saturated rings. The quantitative estimate of drug-likeness (QED) is 0.703. The average molecular weight is 258 g/mol. The maximum Gasteiger partial charge on any atom is 0.129 e. The second-order valence-corrected chi connectivity index (χ2v) is 7.96. The fourth-order valence-corrected chi connectivity index (χ4v) is 3.53. The van der Waals surface area contributed by atoms with Crippen molar-refractivity contribution in [3.05, 3.63) is 54.1 Å². The number of hydrogen-bond donors (Lipinski definition) is 0. The predicted molar refractivity (Wildman–Crippen MR) is 79.9 cm³/mol. The van der Waals surface area contributed by atoms with Crippen molar-refractivity contribution in [2.45, 2.75) is 32.3 Å². The van der Waals surface area contributed by atoms with Crippen LogP contribution in [-0.2, 0) is 0 Å². The Kier molecular flexibility index (Phi) is 3.85. The van der Waals surface area contributed by atoms with E-state index in [0.29, 0.717) is 0 Å². The molecule has 0 aliphatic heterocycles. The molecule has 0 aromatic heterocycles. The Morgan fingerprint density at radius 2 is 1.78 bits per heavy atom. The van der Waals surface area contributed by atoms with Crippen LogP contribution < -0.4 is 4.89 Å². The van der Waals surface area contributed by atoms with Crippen molar-refractivity contribution in [1.82, 2.24) is 0 Å². The van der Waals surface area contributed by atoms with Crippen LogP contribution in [0.1, 0.15) is 32.8 Å². The first kappa shape index (κ1) is 13.3. The molecule has 0 saturated heterocycles. The molecule has 0 radical (unpaired) electrons.